The summed E-state index contributed by atoms with van der Waals surface area (Å²) in [6.07, 6.45) is 0. The molecule has 0 saturated heterocycles. The number of rotatable bonds is 0. The van der Waals surface area contributed by atoms with Gasteiger partial charge in [0.25, 0.3) is 0 Å². The Balaban J connectivity index is 2.90. The lowest BCUT2D eigenvalue weighted by Crippen LogP contribution is -2.25. The number of nitrogens with zero attached hydrogens (tertiary/aromatic N) is 2. The zero-order valence-corrected chi connectivity index (χ0v) is 15.2. The Hall–Kier alpha value is -0.830. The molecule has 2 rings (SSSR count). The standard InChI is InChI=1S/C17H28N2S/c1-15(2,3)11-10-20-14-18-12(16(4,5)6)13(19(11)14)17(7,8)9/h10H,1-9H3. The molecule has 20 heavy (non-hydrogen) atoms. The molecule has 0 atom stereocenters. The first-order valence-corrected chi connectivity index (χ1v) is 8.23. The van der Waals surface area contributed by atoms with E-state index in [1.54, 1.807) is 11.3 Å². The first-order chi connectivity index (χ1) is 8.83. The molecular weight excluding hydrogens is 264 g/mol. The molecular formula is C17H28N2S. The van der Waals surface area contributed by atoms with Crippen LogP contribution in [-0.2, 0) is 16.2 Å². The third-order valence-electron chi connectivity index (χ3n) is 3.55. The van der Waals surface area contributed by atoms with E-state index in [1.807, 2.05) is 0 Å². The summed E-state index contributed by atoms with van der Waals surface area (Å²) < 4.78 is 2.41. The minimum absolute atomic E-state index is 0.0729. The Morgan fingerprint density at radius 2 is 1.40 bits per heavy atom. The summed E-state index contributed by atoms with van der Waals surface area (Å²) in [4.78, 5) is 6.10. The Labute approximate surface area is 127 Å². The number of hydrogen-bond acceptors (Lipinski definition) is 2. The number of imidazole rings is 1. The van der Waals surface area contributed by atoms with Gasteiger partial charge in [0.1, 0.15) is 0 Å². The Morgan fingerprint density at radius 1 is 0.850 bits per heavy atom. The van der Waals surface area contributed by atoms with Gasteiger partial charge in [0.2, 0.25) is 0 Å². The maximum atomic E-state index is 4.97. The molecule has 0 fully saturated rings. The van der Waals surface area contributed by atoms with Crippen LogP contribution in [0, 0.1) is 0 Å². The van der Waals surface area contributed by atoms with Gasteiger partial charge in [-0.3, -0.25) is 4.40 Å². The molecule has 0 aliphatic carbocycles. The molecule has 0 aromatic carbocycles. The summed E-state index contributed by atoms with van der Waals surface area (Å²) in [6.45, 7) is 20.5. The first kappa shape index (κ1) is 15.6. The SMILES string of the molecule is CC(C)(C)c1nc2scc(C(C)(C)C)n2c1C(C)(C)C. The number of thiazole rings is 1. The lowest BCUT2D eigenvalue weighted by molar-refractivity contribution is 0.492. The van der Waals surface area contributed by atoms with Gasteiger partial charge in [-0.2, -0.15) is 0 Å². The highest BCUT2D eigenvalue weighted by Crippen LogP contribution is 2.38. The summed E-state index contributed by atoms with van der Waals surface area (Å²) in [5, 5.41) is 2.27. The van der Waals surface area contributed by atoms with Gasteiger partial charge >= 0.3 is 0 Å². The lowest BCUT2D eigenvalue weighted by Gasteiger charge is -2.28. The third kappa shape index (κ3) is 2.52. The van der Waals surface area contributed by atoms with Crippen LogP contribution in [0.4, 0.5) is 0 Å². The summed E-state index contributed by atoms with van der Waals surface area (Å²) in [5.41, 5.74) is 4.26. The molecule has 3 heteroatoms. The molecule has 0 spiro atoms. The predicted molar refractivity (Wildman–Crippen MR) is 89.2 cm³/mol. The highest BCUT2D eigenvalue weighted by molar-refractivity contribution is 7.15. The molecule has 2 nitrogen and oxygen atoms in total. The van der Waals surface area contributed by atoms with E-state index >= 15 is 0 Å². The van der Waals surface area contributed by atoms with E-state index in [-0.39, 0.29) is 16.2 Å². The van der Waals surface area contributed by atoms with Crippen molar-refractivity contribution in [2.45, 2.75) is 78.6 Å². The maximum Gasteiger partial charge on any atom is 0.194 e. The van der Waals surface area contributed by atoms with Crippen molar-refractivity contribution in [3.63, 3.8) is 0 Å². The lowest BCUT2D eigenvalue weighted by atomic mass is 9.81. The minimum Gasteiger partial charge on any atom is -0.290 e. The largest absolute Gasteiger partial charge is 0.290 e. The number of aromatic nitrogens is 2. The second-order valence-corrected chi connectivity index (χ2v) is 9.63. The molecule has 0 aliphatic rings. The van der Waals surface area contributed by atoms with E-state index in [9.17, 15) is 0 Å². The van der Waals surface area contributed by atoms with Gasteiger partial charge in [0.15, 0.2) is 4.96 Å². The van der Waals surface area contributed by atoms with Crippen molar-refractivity contribution in [3.05, 3.63) is 22.5 Å². The summed E-state index contributed by atoms with van der Waals surface area (Å²) in [6, 6.07) is 0. The van der Waals surface area contributed by atoms with Crippen LogP contribution >= 0.6 is 11.3 Å². The predicted octanol–water partition coefficient (Wildman–Crippen LogP) is 5.29. The fourth-order valence-electron chi connectivity index (χ4n) is 2.59. The van der Waals surface area contributed by atoms with Crippen molar-refractivity contribution in [2.75, 3.05) is 0 Å². The molecule has 112 valence electrons. The van der Waals surface area contributed by atoms with E-state index in [1.165, 1.54) is 17.1 Å². The van der Waals surface area contributed by atoms with E-state index in [4.69, 9.17) is 4.98 Å². The maximum absolute atomic E-state index is 4.97. The molecule has 0 aliphatic heterocycles. The van der Waals surface area contributed by atoms with Gasteiger partial charge in [-0.25, -0.2) is 4.98 Å². The third-order valence-corrected chi connectivity index (χ3v) is 4.38. The summed E-state index contributed by atoms with van der Waals surface area (Å²) in [7, 11) is 0. The van der Waals surface area contributed by atoms with Crippen molar-refractivity contribution < 1.29 is 0 Å². The van der Waals surface area contributed by atoms with Crippen molar-refractivity contribution in [1.29, 1.82) is 0 Å². The zero-order valence-electron chi connectivity index (χ0n) is 14.4. The quantitative estimate of drug-likeness (QED) is 0.645. The van der Waals surface area contributed by atoms with E-state index in [0.29, 0.717) is 0 Å². The second-order valence-electron chi connectivity index (χ2n) is 8.80. The average molecular weight is 292 g/mol. The molecule has 0 unspecified atom stereocenters. The van der Waals surface area contributed by atoms with Crippen molar-refractivity contribution in [2.24, 2.45) is 0 Å². The second kappa shape index (κ2) is 4.33. The van der Waals surface area contributed by atoms with Gasteiger partial charge < -0.3 is 0 Å². The molecule has 2 aromatic heterocycles. The summed E-state index contributed by atoms with van der Waals surface area (Å²) >= 11 is 1.76. The Bertz CT molecular complexity index is 625. The molecule has 2 aromatic rings. The van der Waals surface area contributed by atoms with Gasteiger partial charge in [-0.05, 0) is 0 Å². The van der Waals surface area contributed by atoms with Crippen LogP contribution in [0.5, 0.6) is 0 Å². The Kier molecular flexibility index (Phi) is 3.37. The highest BCUT2D eigenvalue weighted by Gasteiger charge is 2.33. The molecule has 0 N–H and O–H groups in total. The van der Waals surface area contributed by atoms with E-state index < -0.39 is 0 Å². The monoisotopic (exact) mass is 292 g/mol. The molecule has 0 amide bonds. The molecule has 0 radical (unpaired) electrons. The fraction of sp³-hybridized carbons (Fsp3) is 0.706. The fourth-order valence-corrected chi connectivity index (χ4v) is 3.70. The smallest absolute Gasteiger partial charge is 0.194 e. The normalized spacial score (nSPS) is 14.2. The van der Waals surface area contributed by atoms with Crippen molar-refractivity contribution >= 4 is 16.3 Å². The van der Waals surface area contributed by atoms with E-state index in [0.717, 1.165) is 4.96 Å². The van der Waals surface area contributed by atoms with Gasteiger partial charge in [-0.15, -0.1) is 11.3 Å². The van der Waals surface area contributed by atoms with Crippen molar-refractivity contribution in [1.82, 2.24) is 9.38 Å². The zero-order chi connectivity index (χ0) is 15.5. The molecule has 0 bridgehead atoms. The van der Waals surface area contributed by atoms with Gasteiger partial charge in [0, 0.05) is 27.3 Å². The van der Waals surface area contributed by atoms with Crippen LogP contribution in [0.25, 0.3) is 4.96 Å². The van der Waals surface area contributed by atoms with Crippen LogP contribution in [0.2, 0.25) is 0 Å². The minimum atomic E-state index is 0.0729. The first-order valence-electron chi connectivity index (χ1n) is 7.35. The average Bonchev–Trinajstić information content (AvgIpc) is 2.66. The number of fused-ring (bicyclic) bond motifs is 1. The van der Waals surface area contributed by atoms with E-state index in [2.05, 4.69) is 72.1 Å². The van der Waals surface area contributed by atoms with Crippen LogP contribution in [0.15, 0.2) is 5.38 Å². The Morgan fingerprint density at radius 3 is 1.80 bits per heavy atom. The van der Waals surface area contributed by atoms with Crippen LogP contribution in [0.3, 0.4) is 0 Å². The molecule has 0 saturated carbocycles. The van der Waals surface area contributed by atoms with Crippen molar-refractivity contribution in [3.8, 4) is 0 Å². The van der Waals surface area contributed by atoms with Gasteiger partial charge in [-0.1, -0.05) is 62.3 Å². The topological polar surface area (TPSA) is 17.3 Å². The number of hydrogen-bond donors (Lipinski definition) is 0. The highest BCUT2D eigenvalue weighted by atomic mass is 32.1. The molecule has 2 heterocycles. The van der Waals surface area contributed by atoms with Gasteiger partial charge in [0.05, 0.1) is 11.4 Å². The van der Waals surface area contributed by atoms with Crippen LogP contribution in [0.1, 0.15) is 79.4 Å². The van der Waals surface area contributed by atoms with Crippen LogP contribution < -0.4 is 0 Å². The summed E-state index contributed by atoms with van der Waals surface area (Å²) in [5.74, 6) is 0. The van der Waals surface area contributed by atoms with Crippen LogP contribution in [-0.4, -0.2) is 9.38 Å².